The van der Waals surface area contributed by atoms with Crippen molar-refractivity contribution < 1.29 is 4.79 Å². The highest BCUT2D eigenvalue weighted by Gasteiger charge is 2.10. The fraction of sp³-hybridized carbons (Fsp3) is 0.650. The number of pyridine rings is 1. The van der Waals surface area contributed by atoms with E-state index in [4.69, 9.17) is 0 Å². The molecule has 0 bridgehead atoms. The lowest BCUT2D eigenvalue weighted by Gasteiger charge is -2.19. The number of nitrogens with zero attached hydrogens (tertiary/aromatic N) is 3. The van der Waals surface area contributed by atoms with Gasteiger partial charge in [-0.3, -0.25) is 9.78 Å². The Morgan fingerprint density at radius 3 is 2.59 bits per heavy atom. The standard InChI is InChI=1S/C20H35N5O.HI/c1-6-21-20(24-17(4)11-10-16(2)3)23-15-19(26)25(5)14-12-18-9-7-8-13-22-18;/h7-9,13,16-17H,6,10-12,14-15H2,1-5H3,(H2,21,23,24);1H. The third-order valence-corrected chi connectivity index (χ3v) is 4.13. The summed E-state index contributed by atoms with van der Waals surface area (Å²) in [5, 5.41) is 6.59. The first-order valence-corrected chi connectivity index (χ1v) is 9.61. The van der Waals surface area contributed by atoms with Crippen molar-refractivity contribution in [2.24, 2.45) is 10.9 Å². The van der Waals surface area contributed by atoms with Crippen LogP contribution in [-0.2, 0) is 11.2 Å². The molecular formula is C20H36IN5O. The van der Waals surface area contributed by atoms with Gasteiger partial charge in [0, 0.05) is 44.5 Å². The molecule has 1 atom stereocenters. The number of hydrogen-bond acceptors (Lipinski definition) is 3. The van der Waals surface area contributed by atoms with Gasteiger partial charge in [0.25, 0.3) is 0 Å². The molecule has 1 aromatic rings. The number of carbonyl (C=O) groups is 1. The molecule has 1 aromatic heterocycles. The number of carbonyl (C=O) groups excluding carboxylic acids is 1. The summed E-state index contributed by atoms with van der Waals surface area (Å²) < 4.78 is 0. The number of hydrogen-bond donors (Lipinski definition) is 2. The highest BCUT2D eigenvalue weighted by Crippen LogP contribution is 2.06. The number of likely N-dealkylation sites (N-methyl/N-ethyl adjacent to an activating group) is 1. The third-order valence-electron chi connectivity index (χ3n) is 4.13. The summed E-state index contributed by atoms with van der Waals surface area (Å²) in [5.74, 6) is 1.40. The molecule has 0 aliphatic carbocycles. The Hall–Kier alpha value is -1.38. The topological polar surface area (TPSA) is 69.6 Å². The van der Waals surface area contributed by atoms with Crippen LogP contribution in [0.15, 0.2) is 29.4 Å². The van der Waals surface area contributed by atoms with E-state index in [9.17, 15) is 4.79 Å². The van der Waals surface area contributed by atoms with Crippen LogP contribution in [0, 0.1) is 5.92 Å². The number of aliphatic imine (C=N–C) groups is 1. The maximum Gasteiger partial charge on any atom is 0.244 e. The second-order valence-electron chi connectivity index (χ2n) is 7.10. The predicted molar refractivity (Wildman–Crippen MR) is 124 cm³/mol. The summed E-state index contributed by atoms with van der Waals surface area (Å²) >= 11 is 0. The summed E-state index contributed by atoms with van der Waals surface area (Å²) in [6.07, 6.45) is 4.77. The van der Waals surface area contributed by atoms with E-state index < -0.39 is 0 Å². The highest BCUT2D eigenvalue weighted by molar-refractivity contribution is 14.0. The van der Waals surface area contributed by atoms with Crippen molar-refractivity contribution >= 4 is 35.8 Å². The fourth-order valence-corrected chi connectivity index (χ4v) is 2.43. The molecular weight excluding hydrogens is 453 g/mol. The van der Waals surface area contributed by atoms with E-state index in [2.05, 4.69) is 41.4 Å². The molecule has 1 heterocycles. The number of amides is 1. The fourth-order valence-electron chi connectivity index (χ4n) is 2.43. The molecule has 0 aliphatic heterocycles. The van der Waals surface area contributed by atoms with Crippen molar-refractivity contribution in [3.63, 3.8) is 0 Å². The van der Waals surface area contributed by atoms with E-state index in [0.717, 1.165) is 25.1 Å². The summed E-state index contributed by atoms with van der Waals surface area (Å²) in [5.41, 5.74) is 0.990. The van der Waals surface area contributed by atoms with Crippen LogP contribution >= 0.6 is 24.0 Å². The lowest BCUT2D eigenvalue weighted by Crippen LogP contribution is -2.43. The molecule has 0 saturated carbocycles. The third kappa shape index (κ3) is 11.8. The summed E-state index contributed by atoms with van der Waals surface area (Å²) in [4.78, 5) is 22.8. The second kappa shape index (κ2) is 14.6. The Bertz CT molecular complexity index is 551. The molecule has 0 fully saturated rings. The zero-order valence-electron chi connectivity index (χ0n) is 17.4. The van der Waals surface area contributed by atoms with Gasteiger partial charge in [0.2, 0.25) is 5.91 Å². The first kappa shape index (κ1) is 25.6. The van der Waals surface area contributed by atoms with Crippen LogP contribution in [0.4, 0.5) is 0 Å². The van der Waals surface area contributed by atoms with E-state index in [1.54, 1.807) is 11.1 Å². The van der Waals surface area contributed by atoms with Gasteiger partial charge in [-0.2, -0.15) is 0 Å². The normalized spacial score (nSPS) is 12.3. The first-order valence-electron chi connectivity index (χ1n) is 9.61. The molecule has 0 radical (unpaired) electrons. The zero-order chi connectivity index (χ0) is 19.4. The van der Waals surface area contributed by atoms with Crippen LogP contribution in [0.5, 0.6) is 0 Å². The average Bonchev–Trinajstić information content (AvgIpc) is 2.63. The van der Waals surface area contributed by atoms with Crippen LogP contribution < -0.4 is 10.6 Å². The Morgan fingerprint density at radius 1 is 1.26 bits per heavy atom. The van der Waals surface area contributed by atoms with E-state index >= 15 is 0 Å². The van der Waals surface area contributed by atoms with Gasteiger partial charge in [0.15, 0.2) is 5.96 Å². The van der Waals surface area contributed by atoms with E-state index in [1.807, 2.05) is 32.2 Å². The molecule has 0 spiro atoms. The molecule has 1 unspecified atom stereocenters. The van der Waals surface area contributed by atoms with Gasteiger partial charge in [0.05, 0.1) is 0 Å². The van der Waals surface area contributed by atoms with Crippen LogP contribution in [-0.4, -0.2) is 54.5 Å². The van der Waals surface area contributed by atoms with Gasteiger partial charge >= 0.3 is 0 Å². The van der Waals surface area contributed by atoms with Crippen LogP contribution in [0.2, 0.25) is 0 Å². The van der Waals surface area contributed by atoms with Gasteiger partial charge in [-0.05, 0) is 44.7 Å². The SMILES string of the molecule is CCNC(=NCC(=O)N(C)CCc1ccccn1)NC(C)CCC(C)C.I. The number of nitrogens with one attached hydrogen (secondary N) is 2. The van der Waals surface area contributed by atoms with Crippen molar-refractivity contribution in [3.8, 4) is 0 Å². The maximum atomic E-state index is 12.3. The molecule has 0 saturated heterocycles. The Morgan fingerprint density at radius 2 is 2.00 bits per heavy atom. The number of guanidine groups is 1. The molecule has 2 N–H and O–H groups in total. The van der Waals surface area contributed by atoms with Crippen molar-refractivity contribution in [2.75, 3.05) is 26.7 Å². The Balaban J connectivity index is 0.00000676. The highest BCUT2D eigenvalue weighted by atomic mass is 127. The minimum atomic E-state index is 0. The molecule has 6 nitrogen and oxygen atoms in total. The minimum absolute atomic E-state index is 0. The minimum Gasteiger partial charge on any atom is -0.357 e. The lowest BCUT2D eigenvalue weighted by atomic mass is 10.0. The van der Waals surface area contributed by atoms with Crippen molar-refractivity contribution in [1.82, 2.24) is 20.5 Å². The number of rotatable bonds is 10. The quantitative estimate of drug-likeness (QED) is 0.301. The summed E-state index contributed by atoms with van der Waals surface area (Å²) in [6, 6.07) is 6.16. The average molecular weight is 489 g/mol. The van der Waals surface area contributed by atoms with Gasteiger partial charge in [-0.25, -0.2) is 4.99 Å². The van der Waals surface area contributed by atoms with Gasteiger partial charge in [-0.15, -0.1) is 24.0 Å². The molecule has 0 aliphatic rings. The predicted octanol–water partition coefficient (Wildman–Crippen LogP) is 3.08. The number of halogens is 1. The molecule has 1 rings (SSSR count). The van der Waals surface area contributed by atoms with E-state index in [-0.39, 0.29) is 36.4 Å². The molecule has 7 heteroatoms. The van der Waals surface area contributed by atoms with Gasteiger partial charge in [-0.1, -0.05) is 19.9 Å². The largest absolute Gasteiger partial charge is 0.357 e. The first-order chi connectivity index (χ1) is 12.4. The lowest BCUT2D eigenvalue weighted by molar-refractivity contribution is -0.128. The van der Waals surface area contributed by atoms with Crippen molar-refractivity contribution in [2.45, 2.75) is 53.0 Å². The van der Waals surface area contributed by atoms with Crippen LogP contribution in [0.3, 0.4) is 0 Å². The van der Waals surface area contributed by atoms with Crippen molar-refractivity contribution in [3.05, 3.63) is 30.1 Å². The zero-order valence-corrected chi connectivity index (χ0v) is 19.7. The number of aromatic nitrogens is 1. The van der Waals surface area contributed by atoms with Gasteiger partial charge in [0.1, 0.15) is 6.54 Å². The van der Waals surface area contributed by atoms with Gasteiger partial charge < -0.3 is 15.5 Å². The van der Waals surface area contributed by atoms with Crippen molar-refractivity contribution in [1.29, 1.82) is 0 Å². The van der Waals surface area contributed by atoms with Crippen LogP contribution in [0.1, 0.15) is 46.2 Å². The second-order valence-corrected chi connectivity index (χ2v) is 7.10. The molecule has 1 amide bonds. The monoisotopic (exact) mass is 489 g/mol. The van der Waals surface area contributed by atoms with E-state index in [0.29, 0.717) is 24.5 Å². The smallest absolute Gasteiger partial charge is 0.244 e. The molecule has 154 valence electrons. The summed E-state index contributed by atoms with van der Waals surface area (Å²) in [6.45, 7) is 10.2. The Kier molecular flexibility index (Phi) is 13.9. The summed E-state index contributed by atoms with van der Waals surface area (Å²) in [7, 11) is 1.81. The van der Waals surface area contributed by atoms with Crippen LogP contribution in [0.25, 0.3) is 0 Å². The maximum absolute atomic E-state index is 12.3. The van der Waals surface area contributed by atoms with E-state index in [1.165, 1.54) is 6.42 Å². The molecule has 0 aromatic carbocycles. The molecule has 27 heavy (non-hydrogen) atoms. The Labute approximate surface area is 181 Å².